The highest BCUT2D eigenvalue weighted by Gasteiger charge is 2.50. The summed E-state index contributed by atoms with van der Waals surface area (Å²) in [5.74, 6) is 0. The van der Waals surface area contributed by atoms with E-state index in [1.54, 1.807) is 0 Å². The standard InChI is InChI=1S/C5H4F6O/c6-4(7,8)3(1-2-12)5(9,10)11/h1,12H,2H2. The van der Waals surface area contributed by atoms with Gasteiger partial charge in [0, 0.05) is 0 Å². The Kier molecular flexibility index (Phi) is 3.14. The zero-order valence-electron chi connectivity index (χ0n) is 5.50. The molecule has 0 aliphatic rings. The molecule has 0 saturated carbocycles. The van der Waals surface area contributed by atoms with Crippen LogP contribution in [0, 0.1) is 0 Å². The van der Waals surface area contributed by atoms with E-state index in [4.69, 9.17) is 5.11 Å². The Morgan fingerprint density at radius 3 is 1.42 bits per heavy atom. The Hall–Kier alpha value is -0.720. The van der Waals surface area contributed by atoms with Crippen molar-refractivity contribution in [3.05, 3.63) is 11.6 Å². The highest BCUT2D eigenvalue weighted by Crippen LogP contribution is 2.38. The van der Waals surface area contributed by atoms with Crippen LogP contribution >= 0.6 is 0 Å². The van der Waals surface area contributed by atoms with Gasteiger partial charge in [0.05, 0.1) is 6.61 Å². The summed E-state index contributed by atoms with van der Waals surface area (Å²) >= 11 is 0. The molecule has 0 bridgehead atoms. The van der Waals surface area contributed by atoms with Gasteiger partial charge in [-0.05, 0) is 6.08 Å². The van der Waals surface area contributed by atoms with Gasteiger partial charge in [0.1, 0.15) is 5.57 Å². The number of alkyl halides is 6. The lowest BCUT2D eigenvalue weighted by Gasteiger charge is -2.13. The van der Waals surface area contributed by atoms with Gasteiger partial charge >= 0.3 is 12.4 Å². The largest absolute Gasteiger partial charge is 0.421 e. The van der Waals surface area contributed by atoms with Crippen molar-refractivity contribution >= 4 is 0 Å². The van der Waals surface area contributed by atoms with Crippen LogP contribution in [0.1, 0.15) is 0 Å². The van der Waals surface area contributed by atoms with Crippen molar-refractivity contribution in [2.75, 3.05) is 6.61 Å². The molecule has 1 N–H and O–H groups in total. The molecule has 12 heavy (non-hydrogen) atoms. The number of halogens is 6. The fraction of sp³-hybridized carbons (Fsp3) is 0.600. The fourth-order valence-electron chi connectivity index (χ4n) is 0.483. The fourth-order valence-corrected chi connectivity index (χ4v) is 0.483. The molecule has 7 heteroatoms. The molecular formula is C5H4F6O. The van der Waals surface area contributed by atoms with Gasteiger partial charge in [0.25, 0.3) is 0 Å². The zero-order valence-corrected chi connectivity index (χ0v) is 5.50. The average Bonchev–Trinajstić information content (AvgIpc) is 1.77. The third-order valence-electron chi connectivity index (χ3n) is 0.906. The third-order valence-corrected chi connectivity index (χ3v) is 0.906. The molecule has 0 aromatic carbocycles. The van der Waals surface area contributed by atoms with Crippen molar-refractivity contribution < 1.29 is 31.4 Å². The summed E-state index contributed by atoms with van der Waals surface area (Å²) in [7, 11) is 0. The molecule has 0 aliphatic carbocycles. The predicted molar refractivity (Wildman–Crippen MR) is 27.3 cm³/mol. The van der Waals surface area contributed by atoms with Crippen LogP contribution in [0.5, 0.6) is 0 Å². The summed E-state index contributed by atoms with van der Waals surface area (Å²) in [5, 5.41) is 7.89. The van der Waals surface area contributed by atoms with Crippen LogP contribution in [0.25, 0.3) is 0 Å². The Labute approximate surface area is 63.3 Å². The molecule has 0 radical (unpaired) electrons. The van der Waals surface area contributed by atoms with Crippen LogP contribution in [0.15, 0.2) is 11.6 Å². The highest BCUT2D eigenvalue weighted by molar-refractivity contribution is 5.15. The van der Waals surface area contributed by atoms with E-state index in [9.17, 15) is 26.3 Å². The number of hydrogen-bond donors (Lipinski definition) is 1. The molecule has 0 spiro atoms. The molecule has 72 valence electrons. The molecule has 0 aromatic heterocycles. The Morgan fingerprint density at radius 2 is 1.33 bits per heavy atom. The third kappa shape index (κ3) is 3.12. The Balaban J connectivity index is 4.83. The maximum atomic E-state index is 11.5. The van der Waals surface area contributed by atoms with Gasteiger partial charge in [-0.2, -0.15) is 26.3 Å². The molecule has 0 aliphatic heterocycles. The van der Waals surface area contributed by atoms with Gasteiger partial charge < -0.3 is 5.11 Å². The van der Waals surface area contributed by atoms with Gasteiger partial charge in [-0.25, -0.2) is 0 Å². The lowest BCUT2D eigenvalue weighted by atomic mass is 10.2. The highest BCUT2D eigenvalue weighted by atomic mass is 19.4. The van der Waals surface area contributed by atoms with Gasteiger partial charge in [-0.3, -0.25) is 0 Å². The summed E-state index contributed by atoms with van der Waals surface area (Å²) in [5.41, 5.74) is -2.68. The van der Waals surface area contributed by atoms with Crippen LogP contribution in [-0.4, -0.2) is 24.1 Å². The second-order valence-electron chi connectivity index (χ2n) is 1.80. The van der Waals surface area contributed by atoms with Crippen LogP contribution in [0.4, 0.5) is 26.3 Å². The monoisotopic (exact) mass is 194 g/mol. The second kappa shape index (κ2) is 3.34. The predicted octanol–water partition coefficient (Wildman–Crippen LogP) is 2.03. The van der Waals surface area contributed by atoms with Crippen molar-refractivity contribution in [1.29, 1.82) is 0 Å². The van der Waals surface area contributed by atoms with E-state index in [1.165, 1.54) is 0 Å². The summed E-state index contributed by atoms with van der Waals surface area (Å²) in [6, 6.07) is 0. The molecule has 0 heterocycles. The van der Waals surface area contributed by atoms with Crippen molar-refractivity contribution in [2.24, 2.45) is 0 Å². The molecule has 0 unspecified atom stereocenters. The minimum absolute atomic E-state index is 0.319. The smallest absolute Gasteiger partial charge is 0.392 e. The van der Waals surface area contributed by atoms with E-state index in [0.717, 1.165) is 0 Å². The maximum Gasteiger partial charge on any atom is 0.421 e. The SMILES string of the molecule is OCC=C(C(F)(F)F)C(F)(F)F. The van der Waals surface area contributed by atoms with Crippen molar-refractivity contribution in [3.8, 4) is 0 Å². The number of rotatable bonds is 1. The van der Waals surface area contributed by atoms with Crippen LogP contribution in [-0.2, 0) is 0 Å². The van der Waals surface area contributed by atoms with Crippen molar-refractivity contribution in [1.82, 2.24) is 0 Å². The zero-order chi connectivity index (χ0) is 9.99. The molecule has 0 aromatic rings. The number of aliphatic hydroxyl groups excluding tert-OH is 1. The van der Waals surface area contributed by atoms with E-state index in [0.29, 0.717) is 0 Å². The van der Waals surface area contributed by atoms with Crippen LogP contribution < -0.4 is 0 Å². The molecule has 0 amide bonds. The van der Waals surface area contributed by atoms with E-state index >= 15 is 0 Å². The van der Waals surface area contributed by atoms with Crippen LogP contribution in [0.2, 0.25) is 0 Å². The maximum absolute atomic E-state index is 11.5. The molecule has 0 atom stereocenters. The van der Waals surface area contributed by atoms with Gasteiger partial charge in [0.15, 0.2) is 0 Å². The van der Waals surface area contributed by atoms with E-state index < -0.39 is 24.5 Å². The average molecular weight is 194 g/mol. The first kappa shape index (κ1) is 11.3. The summed E-state index contributed by atoms with van der Waals surface area (Å²) < 4.78 is 69.0. The lowest BCUT2D eigenvalue weighted by Crippen LogP contribution is -2.26. The second-order valence-corrected chi connectivity index (χ2v) is 1.80. The first-order chi connectivity index (χ1) is 5.19. The summed E-state index contributed by atoms with van der Waals surface area (Å²) in [4.78, 5) is 0. The van der Waals surface area contributed by atoms with Crippen molar-refractivity contribution in [3.63, 3.8) is 0 Å². The quantitative estimate of drug-likeness (QED) is 0.500. The van der Waals surface area contributed by atoms with Crippen LogP contribution in [0.3, 0.4) is 0 Å². The van der Waals surface area contributed by atoms with Gasteiger partial charge in [0.2, 0.25) is 0 Å². The van der Waals surface area contributed by atoms with E-state index in [-0.39, 0.29) is 6.08 Å². The van der Waals surface area contributed by atoms with E-state index in [1.807, 2.05) is 0 Å². The normalized spacial score (nSPS) is 12.9. The number of allylic oxidation sites excluding steroid dienone is 1. The molecule has 0 rings (SSSR count). The lowest BCUT2D eigenvalue weighted by molar-refractivity contribution is -0.172. The Bertz CT molecular complexity index is 159. The first-order valence-electron chi connectivity index (χ1n) is 2.65. The minimum atomic E-state index is -5.47. The van der Waals surface area contributed by atoms with Gasteiger partial charge in [-0.15, -0.1) is 0 Å². The van der Waals surface area contributed by atoms with Gasteiger partial charge in [-0.1, -0.05) is 0 Å². The summed E-state index contributed by atoms with van der Waals surface area (Å²) in [6.45, 7) is -1.30. The summed E-state index contributed by atoms with van der Waals surface area (Å²) in [6.07, 6.45) is -11.3. The molecule has 1 nitrogen and oxygen atoms in total. The molecule has 0 saturated heterocycles. The van der Waals surface area contributed by atoms with Crippen molar-refractivity contribution in [2.45, 2.75) is 12.4 Å². The minimum Gasteiger partial charge on any atom is -0.392 e. The first-order valence-corrected chi connectivity index (χ1v) is 2.65. The number of hydrogen-bond acceptors (Lipinski definition) is 1. The topological polar surface area (TPSA) is 20.2 Å². The molecule has 0 fully saturated rings. The van der Waals surface area contributed by atoms with E-state index in [2.05, 4.69) is 0 Å². The Morgan fingerprint density at radius 1 is 1.00 bits per heavy atom. The number of aliphatic hydroxyl groups is 1. The molecular weight excluding hydrogens is 190 g/mol.